The van der Waals surface area contributed by atoms with E-state index in [1.165, 1.54) is 0 Å². The minimum atomic E-state index is -0.150. The third-order valence-corrected chi connectivity index (χ3v) is 4.20. The van der Waals surface area contributed by atoms with E-state index in [4.69, 9.17) is 0 Å². The van der Waals surface area contributed by atoms with E-state index in [1.54, 1.807) is 23.6 Å². The van der Waals surface area contributed by atoms with E-state index in [9.17, 15) is 4.79 Å². The molecule has 2 aromatic rings. The van der Waals surface area contributed by atoms with Gasteiger partial charge in [0, 0.05) is 15.5 Å². The molecule has 0 aliphatic heterocycles. The molecule has 0 aromatic carbocycles. The lowest BCUT2D eigenvalue weighted by Crippen LogP contribution is -2.28. The van der Waals surface area contributed by atoms with Crippen LogP contribution in [0, 0.1) is 0 Å². The number of thiophene rings is 1. The summed E-state index contributed by atoms with van der Waals surface area (Å²) in [6.45, 7) is 2.05. The summed E-state index contributed by atoms with van der Waals surface area (Å²) >= 11 is 4.99. The standard InChI is InChI=1S/C13H13BrN2OS/c1-2-10(11-6-4-8-18-11)16-13(17)12-9(14)5-3-7-15-12/h3-8,10H,2H2,1H3,(H,16,17). The van der Waals surface area contributed by atoms with Gasteiger partial charge in [0.15, 0.2) is 0 Å². The van der Waals surface area contributed by atoms with Crippen LogP contribution in [0.1, 0.15) is 34.8 Å². The van der Waals surface area contributed by atoms with E-state index < -0.39 is 0 Å². The fourth-order valence-electron chi connectivity index (χ4n) is 1.64. The van der Waals surface area contributed by atoms with Gasteiger partial charge in [-0.1, -0.05) is 13.0 Å². The Bertz CT molecular complexity index is 528. The van der Waals surface area contributed by atoms with Crippen molar-refractivity contribution in [3.63, 3.8) is 0 Å². The third-order valence-electron chi connectivity index (χ3n) is 2.57. The van der Waals surface area contributed by atoms with Crippen LogP contribution in [0.2, 0.25) is 0 Å². The molecular weight excluding hydrogens is 312 g/mol. The Morgan fingerprint density at radius 2 is 2.33 bits per heavy atom. The van der Waals surface area contributed by atoms with E-state index in [-0.39, 0.29) is 11.9 Å². The first kappa shape index (κ1) is 13.2. The molecule has 2 heterocycles. The maximum Gasteiger partial charge on any atom is 0.271 e. The Labute approximate surface area is 118 Å². The van der Waals surface area contributed by atoms with E-state index in [0.717, 1.165) is 11.3 Å². The van der Waals surface area contributed by atoms with Crippen LogP contribution in [0.3, 0.4) is 0 Å². The molecule has 0 aliphatic rings. The van der Waals surface area contributed by atoms with Crippen LogP contribution < -0.4 is 5.32 Å². The Morgan fingerprint density at radius 3 is 2.94 bits per heavy atom. The molecule has 5 heteroatoms. The zero-order chi connectivity index (χ0) is 13.0. The van der Waals surface area contributed by atoms with E-state index in [0.29, 0.717) is 10.2 Å². The monoisotopic (exact) mass is 324 g/mol. The molecule has 0 fully saturated rings. The molecule has 0 aliphatic carbocycles. The van der Waals surface area contributed by atoms with Crippen molar-refractivity contribution in [2.24, 2.45) is 0 Å². The highest BCUT2D eigenvalue weighted by molar-refractivity contribution is 9.10. The molecule has 18 heavy (non-hydrogen) atoms. The number of halogens is 1. The maximum atomic E-state index is 12.1. The predicted octanol–water partition coefficient (Wildman–Crippen LogP) is 3.79. The van der Waals surface area contributed by atoms with Gasteiger partial charge in [-0.3, -0.25) is 4.79 Å². The summed E-state index contributed by atoms with van der Waals surface area (Å²) < 4.78 is 0.712. The molecule has 0 spiro atoms. The maximum absolute atomic E-state index is 12.1. The predicted molar refractivity (Wildman–Crippen MR) is 76.8 cm³/mol. The smallest absolute Gasteiger partial charge is 0.271 e. The number of amides is 1. The fraction of sp³-hybridized carbons (Fsp3) is 0.231. The van der Waals surface area contributed by atoms with Crippen molar-refractivity contribution in [3.05, 3.63) is 50.9 Å². The molecule has 1 atom stereocenters. The van der Waals surface area contributed by atoms with Gasteiger partial charge in [0.25, 0.3) is 5.91 Å². The first-order chi connectivity index (χ1) is 8.72. The molecule has 0 bridgehead atoms. The average molecular weight is 325 g/mol. The lowest BCUT2D eigenvalue weighted by Gasteiger charge is -2.15. The zero-order valence-electron chi connectivity index (χ0n) is 9.89. The molecule has 0 saturated carbocycles. The van der Waals surface area contributed by atoms with Gasteiger partial charge in [0.2, 0.25) is 0 Å². The average Bonchev–Trinajstić information content (AvgIpc) is 2.90. The van der Waals surface area contributed by atoms with Crippen molar-refractivity contribution in [1.82, 2.24) is 10.3 Å². The highest BCUT2D eigenvalue weighted by Gasteiger charge is 2.17. The number of carbonyl (C=O) groups excluding carboxylic acids is 1. The Kier molecular flexibility index (Phi) is 4.49. The summed E-state index contributed by atoms with van der Waals surface area (Å²) in [6, 6.07) is 7.68. The number of nitrogens with one attached hydrogen (secondary N) is 1. The summed E-state index contributed by atoms with van der Waals surface area (Å²) in [5.74, 6) is -0.150. The fourth-order valence-corrected chi connectivity index (χ4v) is 2.94. The molecule has 1 N–H and O–H groups in total. The first-order valence-electron chi connectivity index (χ1n) is 5.67. The van der Waals surface area contributed by atoms with Crippen molar-refractivity contribution in [3.8, 4) is 0 Å². The Balaban J connectivity index is 2.14. The van der Waals surface area contributed by atoms with Gasteiger partial charge in [-0.15, -0.1) is 11.3 Å². The lowest BCUT2D eigenvalue weighted by molar-refractivity contribution is 0.0930. The summed E-state index contributed by atoms with van der Waals surface area (Å²) in [4.78, 5) is 17.4. The molecule has 0 saturated heterocycles. The van der Waals surface area contributed by atoms with Crippen molar-refractivity contribution >= 4 is 33.2 Å². The largest absolute Gasteiger partial charge is 0.343 e. The minimum Gasteiger partial charge on any atom is -0.343 e. The van der Waals surface area contributed by atoms with E-state index in [2.05, 4.69) is 33.2 Å². The molecule has 1 amide bonds. The Hall–Kier alpha value is -1.20. The number of carbonyl (C=O) groups is 1. The Morgan fingerprint density at radius 1 is 1.50 bits per heavy atom. The van der Waals surface area contributed by atoms with Crippen LogP contribution in [-0.4, -0.2) is 10.9 Å². The van der Waals surface area contributed by atoms with Crippen molar-refractivity contribution in [2.45, 2.75) is 19.4 Å². The second-order valence-electron chi connectivity index (χ2n) is 3.78. The number of hydrogen-bond acceptors (Lipinski definition) is 3. The van der Waals surface area contributed by atoms with Crippen LogP contribution in [0.4, 0.5) is 0 Å². The highest BCUT2D eigenvalue weighted by atomic mass is 79.9. The topological polar surface area (TPSA) is 42.0 Å². The molecule has 1 unspecified atom stereocenters. The molecule has 3 nitrogen and oxygen atoms in total. The van der Waals surface area contributed by atoms with Crippen molar-refractivity contribution in [1.29, 1.82) is 0 Å². The van der Waals surface area contributed by atoms with Crippen LogP contribution >= 0.6 is 27.3 Å². The van der Waals surface area contributed by atoms with E-state index >= 15 is 0 Å². The van der Waals surface area contributed by atoms with Crippen LogP contribution in [0.5, 0.6) is 0 Å². The second-order valence-corrected chi connectivity index (χ2v) is 5.62. The first-order valence-corrected chi connectivity index (χ1v) is 7.34. The van der Waals surface area contributed by atoms with Gasteiger partial charge >= 0.3 is 0 Å². The molecular formula is C13H13BrN2OS. The normalized spacial score (nSPS) is 12.1. The van der Waals surface area contributed by atoms with Gasteiger partial charge in [-0.25, -0.2) is 4.98 Å². The van der Waals surface area contributed by atoms with Gasteiger partial charge in [-0.2, -0.15) is 0 Å². The number of rotatable bonds is 4. The third kappa shape index (κ3) is 2.97. The van der Waals surface area contributed by atoms with E-state index in [1.807, 2.05) is 23.6 Å². The van der Waals surface area contributed by atoms with Gasteiger partial charge in [-0.05, 0) is 45.9 Å². The molecule has 2 aromatic heterocycles. The molecule has 2 rings (SSSR count). The lowest BCUT2D eigenvalue weighted by atomic mass is 10.2. The highest BCUT2D eigenvalue weighted by Crippen LogP contribution is 2.22. The number of aromatic nitrogens is 1. The number of hydrogen-bond donors (Lipinski definition) is 1. The van der Waals surface area contributed by atoms with Gasteiger partial charge in [0.05, 0.1) is 6.04 Å². The summed E-state index contributed by atoms with van der Waals surface area (Å²) in [5.41, 5.74) is 0.424. The van der Waals surface area contributed by atoms with Crippen molar-refractivity contribution < 1.29 is 4.79 Å². The summed E-state index contributed by atoms with van der Waals surface area (Å²) in [5, 5.41) is 5.02. The van der Waals surface area contributed by atoms with Crippen LogP contribution in [0.15, 0.2) is 40.3 Å². The van der Waals surface area contributed by atoms with Crippen LogP contribution in [0.25, 0.3) is 0 Å². The van der Waals surface area contributed by atoms with Gasteiger partial charge in [0.1, 0.15) is 5.69 Å². The second kappa shape index (κ2) is 6.11. The molecule has 94 valence electrons. The van der Waals surface area contributed by atoms with Crippen molar-refractivity contribution in [2.75, 3.05) is 0 Å². The quantitative estimate of drug-likeness (QED) is 0.929. The van der Waals surface area contributed by atoms with Gasteiger partial charge < -0.3 is 5.32 Å². The minimum absolute atomic E-state index is 0.0476. The molecule has 0 radical (unpaired) electrons. The van der Waals surface area contributed by atoms with Crippen LogP contribution in [-0.2, 0) is 0 Å². The zero-order valence-corrected chi connectivity index (χ0v) is 12.3. The number of pyridine rings is 1. The summed E-state index contributed by atoms with van der Waals surface area (Å²) in [6.07, 6.45) is 2.47. The SMILES string of the molecule is CCC(NC(=O)c1ncccc1Br)c1cccs1. The number of nitrogens with zero attached hydrogens (tertiary/aromatic N) is 1. The summed E-state index contributed by atoms with van der Waals surface area (Å²) in [7, 11) is 0.